The number of aryl methyl sites for hydroxylation is 1. The SMILES string of the molecule is Cc1cc(F)ccc1Oc1cc(C(F)(F)F)ccc1C(=O)N(C)c1ccn(COP(=O)(OCC(C)C)OCC(C)C)c(=O)c1. The second kappa shape index (κ2) is 14.5. The Morgan fingerprint density at radius 3 is 2.11 bits per heavy atom. The number of rotatable bonds is 13. The lowest BCUT2D eigenvalue weighted by Crippen LogP contribution is -2.29. The van der Waals surface area contributed by atoms with Gasteiger partial charge in [0.05, 0.1) is 30.0 Å². The smallest absolute Gasteiger partial charge is 0.456 e. The minimum atomic E-state index is -4.72. The highest BCUT2D eigenvalue weighted by molar-refractivity contribution is 7.48. The van der Waals surface area contributed by atoms with Crippen molar-refractivity contribution in [2.45, 2.75) is 47.5 Å². The van der Waals surface area contributed by atoms with Gasteiger partial charge in [-0.3, -0.25) is 27.7 Å². The lowest BCUT2D eigenvalue weighted by atomic mass is 10.1. The molecule has 1 amide bonds. The van der Waals surface area contributed by atoms with Crippen molar-refractivity contribution >= 4 is 19.4 Å². The molecule has 0 N–H and O–H groups in total. The standard InChI is InChI=1S/C30H35F4N2O7P/c1-19(2)16-40-44(39,41-17-20(3)4)42-18-36-12-11-24(15-28(36)37)35(6)29(38)25-9-7-22(30(32,33)34)14-27(25)43-26-10-8-23(31)13-21(26)5/h7-15,19-20H,16-18H2,1-6H3. The molecule has 0 unspecified atom stereocenters. The Balaban J connectivity index is 1.86. The van der Waals surface area contributed by atoms with Gasteiger partial charge in [-0.1, -0.05) is 27.7 Å². The van der Waals surface area contributed by atoms with Gasteiger partial charge in [0.2, 0.25) is 0 Å². The summed E-state index contributed by atoms with van der Waals surface area (Å²) in [6.45, 7) is 8.67. The molecule has 0 saturated carbocycles. The molecule has 1 aromatic heterocycles. The Bertz CT molecular complexity index is 1560. The number of aromatic nitrogens is 1. The van der Waals surface area contributed by atoms with E-state index in [1.807, 2.05) is 27.7 Å². The van der Waals surface area contributed by atoms with E-state index < -0.39 is 49.3 Å². The lowest BCUT2D eigenvalue weighted by Gasteiger charge is -2.22. The van der Waals surface area contributed by atoms with Gasteiger partial charge < -0.3 is 9.64 Å². The zero-order valence-corrected chi connectivity index (χ0v) is 26.1. The van der Waals surface area contributed by atoms with Crippen molar-refractivity contribution in [3.05, 3.63) is 87.6 Å². The number of hydrogen-bond donors (Lipinski definition) is 0. The van der Waals surface area contributed by atoms with Crippen molar-refractivity contribution in [2.24, 2.45) is 11.8 Å². The third-order valence-corrected chi connectivity index (χ3v) is 7.42. The molecule has 0 spiro atoms. The fourth-order valence-electron chi connectivity index (χ4n) is 3.64. The van der Waals surface area contributed by atoms with Crippen LogP contribution in [0.4, 0.5) is 23.2 Å². The average Bonchev–Trinajstić information content (AvgIpc) is 2.94. The normalized spacial score (nSPS) is 12.2. The zero-order chi connectivity index (χ0) is 32.8. The van der Waals surface area contributed by atoms with Gasteiger partial charge in [-0.25, -0.2) is 8.96 Å². The van der Waals surface area contributed by atoms with E-state index in [2.05, 4.69) is 0 Å². The summed E-state index contributed by atoms with van der Waals surface area (Å²) in [6, 6.07) is 8.34. The molecule has 0 aliphatic carbocycles. The van der Waals surface area contributed by atoms with Crippen molar-refractivity contribution in [2.75, 3.05) is 25.2 Å². The summed E-state index contributed by atoms with van der Waals surface area (Å²) < 4.78 is 90.0. The number of carbonyl (C=O) groups excluding carboxylic acids is 1. The first-order valence-electron chi connectivity index (χ1n) is 13.7. The highest BCUT2D eigenvalue weighted by Crippen LogP contribution is 2.50. The molecule has 0 aliphatic rings. The van der Waals surface area contributed by atoms with Gasteiger partial charge in [-0.15, -0.1) is 0 Å². The molecule has 14 heteroatoms. The summed E-state index contributed by atoms with van der Waals surface area (Å²) >= 11 is 0. The molecule has 9 nitrogen and oxygen atoms in total. The van der Waals surface area contributed by atoms with E-state index in [1.165, 1.54) is 32.3 Å². The molecule has 1 heterocycles. The largest absolute Gasteiger partial charge is 0.476 e. The maximum Gasteiger partial charge on any atom is 0.476 e. The summed E-state index contributed by atoms with van der Waals surface area (Å²) in [5.41, 5.74) is -1.51. The van der Waals surface area contributed by atoms with Gasteiger partial charge >= 0.3 is 14.0 Å². The molecule has 240 valence electrons. The average molecular weight is 643 g/mol. The van der Waals surface area contributed by atoms with Crippen LogP contribution >= 0.6 is 7.82 Å². The van der Waals surface area contributed by atoms with E-state index in [-0.39, 0.29) is 42.0 Å². The van der Waals surface area contributed by atoms with E-state index >= 15 is 0 Å². The van der Waals surface area contributed by atoms with E-state index in [9.17, 15) is 31.7 Å². The fourth-order valence-corrected chi connectivity index (χ4v) is 5.09. The Labute approximate surface area is 252 Å². The van der Waals surface area contributed by atoms with Crippen LogP contribution in [0.1, 0.15) is 49.2 Å². The number of phosphoric ester groups is 1. The molecule has 44 heavy (non-hydrogen) atoms. The van der Waals surface area contributed by atoms with Crippen molar-refractivity contribution in [3.63, 3.8) is 0 Å². The maximum atomic E-state index is 13.6. The molecule has 3 rings (SSSR count). The van der Waals surface area contributed by atoms with E-state index in [1.54, 1.807) is 0 Å². The first-order valence-corrected chi connectivity index (χ1v) is 15.1. The number of alkyl halides is 3. The van der Waals surface area contributed by atoms with Gasteiger partial charge in [-0.2, -0.15) is 13.2 Å². The summed E-state index contributed by atoms with van der Waals surface area (Å²) in [7, 11) is -2.67. The van der Waals surface area contributed by atoms with Crippen molar-refractivity contribution in [3.8, 4) is 11.5 Å². The number of amides is 1. The lowest BCUT2D eigenvalue weighted by molar-refractivity contribution is -0.137. The number of pyridine rings is 1. The Hall–Kier alpha value is -3.51. The van der Waals surface area contributed by atoms with Gasteiger partial charge in [0.1, 0.15) is 24.0 Å². The van der Waals surface area contributed by atoms with Crippen LogP contribution in [0.5, 0.6) is 11.5 Å². The van der Waals surface area contributed by atoms with Crippen molar-refractivity contribution in [1.29, 1.82) is 0 Å². The quantitative estimate of drug-likeness (QED) is 0.139. The summed E-state index contributed by atoms with van der Waals surface area (Å²) in [5, 5.41) is 0. The van der Waals surface area contributed by atoms with Crippen LogP contribution in [0.2, 0.25) is 0 Å². The van der Waals surface area contributed by atoms with Crippen LogP contribution in [0.25, 0.3) is 0 Å². The topological polar surface area (TPSA) is 96.3 Å². The Morgan fingerprint density at radius 1 is 0.932 bits per heavy atom. The van der Waals surface area contributed by atoms with E-state index in [4.69, 9.17) is 18.3 Å². The van der Waals surface area contributed by atoms with Crippen LogP contribution in [-0.2, 0) is 31.0 Å². The highest BCUT2D eigenvalue weighted by Gasteiger charge is 2.33. The highest BCUT2D eigenvalue weighted by atomic mass is 31.2. The Kier molecular flexibility index (Phi) is 11.5. The molecular formula is C30H35F4N2O7P. The molecule has 0 bridgehead atoms. The minimum Gasteiger partial charge on any atom is -0.456 e. The number of hydrogen-bond acceptors (Lipinski definition) is 7. The molecule has 0 atom stereocenters. The number of benzene rings is 2. The molecule has 3 aromatic rings. The third kappa shape index (κ3) is 9.49. The van der Waals surface area contributed by atoms with Gasteiger partial charge in [0.15, 0.2) is 0 Å². The van der Waals surface area contributed by atoms with Crippen LogP contribution < -0.4 is 15.2 Å². The van der Waals surface area contributed by atoms with Crippen LogP contribution in [0.15, 0.2) is 59.5 Å². The minimum absolute atomic E-state index is 0.0416. The number of anilines is 1. The molecule has 0 saturated heterocycles. The van der Waals surface area contributed by atoms with E-state index in [0.717, 1.165) is 39.8 Å². The zero-order valence-electron chi connectivity index (χ0n) is 25.2. The van der Waals surface area contributed by atoms with Gasteiger partial charge in [-0.05, 0) is 66.8 Å². The predicted octanol–water partition coefficient (Wildman–Crippen LogP) is 7.81. The first-order chi connectivity index (χ1) is 20.5. The molecule has 0 radical (unpaired) electrons. The number of carbonyl (C=O) groups is 1. The summed E-state index contributed by atoms with van der Waals surface area (Å²) in [5.74, 6) is -1.62. The van der Waals surface area contributed by atoms with Crippen molar-refractivity contribution in [1.82, 2.24) is 4.57 Å². The number of nitrogens with zero attached hydrogens (tertiary/aromatic N) is 2. The number of phosphoric acid groups is 1. The van der Waals surface area contributed by atoms with E-state index in [0.29, 0.717) is 11.6 Å². The molecule has 0 fully saturated rings. The molecular weight excluding hydrogens is 607 g/mol. The summed E-state index contributed by atoms with van der Waals surface area (Å²) in [4.78, 5) is 27.4. The molecule has 2 aromatic carbocycles. The van der Waals surface area contributed by atoms with Crippen molar-refractivity contribution < 1.29 is 45.2 Å². The van der Waals surface area contributed by atoms with Crippen LogP contribution in [-0.4, -0.2) is 30.7 Å². The second-order valence-corrected chi connectivity index (χ2v) is 12.5. The second-order valence-electron chi connectivity index (χ2n) is 10.9. The maximum absolute atomic E-state index is 13.6. The number of ether oxygens (including phenoxy) is 1. The predicted molar refractivity (Wildman–Crippen MR) is 156 cm³/mol. The van der Waals surface area contributed by atoms with Crippen LogP contribution in [0, 0.1) is 24.6 Å². The van der Waals surface area contributed by atoms with Gasteiger partial charge in [0, 0.05) is 19.3 Å². The third-order valence-electron chi connectivity index (χ3n) is 6.05. The molecule has 0 aliphatic heterocycles. The number of halogens is 4. The van der Waals surface area contributed by atoms with Crippen LogP contribution in [0.3, 0.4) is 0 Å². The Morgan fingerprint density at radius 2 is 1.57 bits per heavy atom. The van der Waals surface area contributed by atoms with Gasteiger partial charge in [0.25, 0.3) is 11.5 Å². The monoisotopic (exact) mass is 642 g/mol. The summed E-state index contributed by atoms with van der Waals surface area (Å²) in [6.07, 6.45) is -3.43. The first kappa shape index (κ1) is 35.0. The fraction of sp³-hybridized carbons (Fsp3) is 0.400.